The van der Waals surface area contributed by atoms with Crippen LogP contribution in [0.15, 0.2) is 12.3 Å². The van der Waals surface area contributed by atoms with Crippen LogP contribution in [0.1, 0.15) is 44.2 Å². The molecule has 3 rings (SSSR count). The predicted molar refractivity (Wildman–Crippen MR) is 95.3 cm³/mol. The number of carboxylic acids is 1. The number of hydrogen-bond donors (Lipinski definition) is 3. The van der Waals surface area contributed by atoms with Crippen molar-refractivity contribution >= 4 is 28.9 Å². The Morgan fingerprint density at radius 1 is 1.38 bits per heavy atom. The number of aromatic nitrogens is 3. The number of aromatic carboxylic acids is 1. The van der Waals surface area contributed by atoms with Crippen molar-refractivity contribution in [3.63, 3.8) is 0 Å². The number of carbonyl (C=O) groups is 2. The van der Waals surface area contributed by atoms with E-state index in [1.807, 2.05) is 20.8 Å². The molecule has 3 N–H and O–H groups in total. The molecule has 9 nitrogen and oxygen atoms in total. The van der Waals surface area contributed by atoms with Crippen LogP contribution in [-0.2, 0) is 4.74 Å². The van der Waals surface area contributed by atoms with Gasteiger partial charge in [0.1, 0.15) is 17.1 Å². The molecule has 3 heterocycles. The number of hydrogen-bond acceptors (Lipinski definition) is 6. The van der Waals surface area contributed by atoms with Crippen molar-refractivity contribution in [2.45, 2.75) is 45.3 Å². The number of carboxylic acid groups (broad SMARTS) is 1. The van der Waals surface area contributed by atoms with Crippen LogP contribution in [0.4, 0.5) is 10.6 Å². The van der Waals surface area contributed by atoms with Gasteiger partial charge in [-0.25, -0.2) is 19.6 Å². The zero-order valence-corrected chi connectivity index (χ0v) is 15.1. The van der Waals surface area contributed by atoms with Gasteiger partial charge in [0.25, 0.3) is 0 Å². The lowest BCUT2D eigenvalue weighted by molar-refractivity contribution is 0.0206. The molecule has 0 aromatic carbocycles. The number of nitrogens with one attached hydrogen (secondary N) is 2. The molecule has 0 aliphatic carbocycles. The number of nitrogens with zero attached hydrogens (tertiary/aromatic N) is 3. The Balaban J connectivity index is 1.76. The van der Waals surface area contributed by atoms with Crippen LogP contribution < -0.4 is 5.32 Å². The highest BCUT2D eigenvalue weighted by molar-refractivity contribution is 5.92. The molecule has 1 aliphatic heterocycles. The third-order valence-corrected chi connectivity index (χ3v) is 4.02. The van der Waals surface area contributed by atoms with Crippen LogP contribution in [-0.4, -0.2) is 61.8 Å². The molecule has 2 aromatic rings. The second-order valence-corrected chi connectivity index (χ2v) is 7.35. The highest BCUT2D eigenvalue weighted by atomic mass is 16.6. The maximum Gasteiger partial charge on any atom is 0.410 e. The smallest absolute Gasteiger partial charge is 0.410 e. The molecule has 1 atom stereocenters. The van der Waals surface area contributed by atoms with Gasteiger partial charge in [0.15, 0.2) is 0 Å². The van der Waals surface area contributed by atoms with E-state index in [1.54, 1.807) is 17.2 Å². The summed E-state index contributed by atoms with van der Waals surface area (Å²) in [5, 5.41) is 13.2. The Hall–Kier alpha value is -2.84. The lowest BCUT2D eigenvalue weighted by Crippen LogP contribution is -2.47. The standard InChI is InChI=1S/C17H23N5O4/c1-17(2,3)26-16(25)22-8-4-5-10(9-22)19-13-11-6-7-18-12(11)20-14(21-13)15(23)24/h6-7,10H,4-5,8-9H2,1-3H3,(H,23,24)(H2,18,19,20,21). The van der Waals surface area contributed by atoms with Gasteiger partial charge in [-0.2, -0.15) is 0 Å². The molecule has 2 aromatic heterocycles. The molecular formula is C17H23N5O4. The van der Waals surface area contributed by atoms with Crippen molar-refractivity contribution in [2.24, 2.45) is 0 Å². The van der Waals surface area contributed by atoms with E-state index in [0.29, 0.717) is 29.9 Å². The molecule has 0 radical (unpaired) electrons. The topological polar surface area (TPSA) is 120 Å². The van der Waals surface area contributed by atoms with Crippen molar-refractivity contribution < 1.29 is 19.4 Å². The summed E-state index contributed by atoms with van der Waals surface area (Å²) in [5.41, 5.74) is -0.0858. The van der Waals surface area contributed by atoms with Crippen LogP contribution in [0.2, 0.25) is 0 Å². The minimum atomic E-state index is -1.19. The van der Waals surface area contributed by atoms with Gasteiger partial charge in [-0.15, -0.1) is 0 Å². The third kappa shape index (κ3) is 4.04. The fourth-order valence-electron chi connectivity index (χ4n) is 2.93. The largest absolute Gasteiger partial charge is 0.475 e. The maximum atomic E-state index is 12.3. The van der Waals surface area contributed by atoms with Crippen molar-refractivity contribution in [3.05, 3.63) is 18.1 Å². The van der Waals surface area contributed by atoms with E-state index in [2.05, 4.69) is 20.3 Å². The number of aromatic amines is 1. The quantitative estimate of drug-likeness (QED) is 0.768. The summed E-state index contributed by atoms with van der Waals surface area (Å²) in [6, 6.07) is 1.74. The van der Waals surface area contributed by atoms with Gasteiger partial charge in [-0.05, 0) is 39.7 Å². The molecule has 1 amide bonds. The molecule has 1 unspecified atom stereocenters. The Bertz CT molecular complexity index is 826. The molecule has 0 saturated carbocycles. The minimum Gasteiger partial charge on any atom is -0.475 e. The SMILES string of the molecule is CC(C)(C)OC(=O)N1CCCC(Nc2nc(C(=O)O)nc3[nH]ccc23)C1. The van der Waals surface area contributed by atoms with E-state index < -0.39 is 11.6 Å². The zero-order valence-electron chi connectivity index (χ0n) is 15.1. The molecule has 9 heteroatoms. The normalized spacial score (nSPS) is 18.0. The van der Waals surface area contributed by atoms with E-state index in [1.165, 1.54) is 0 Å². The number of carbonyl (C=O) groups excluding carboxylic acids is 1. The van der Waals surface area contributed by atoms with E-state index in [0.717, 1.165) is 12.8 Å². The van der Waals surface area contributed by atoms with E-state index in [9.17, 15) is 14.7 Å². The first-order valence-electron chi connectivity index (χ1n) is 8.56. The van der Waals surface area contributed by atoms with Gasteiger partial charge in [-0.1, -0.05) is 0 Å². The Labute approximate surface area is 150 Å². The van der Waals surface area contributed by atoms with Crippen molar-refractivity contribution in [2.75, 3.05) is 18.4 Å². The minimum absolute atomic E-state index is 0.0501. The summed E-state index contributed by atoms with van der Waals surface area (Å²) >= 11 is 0. The van der Waals surface area contributed by atoms with Crippen LogP contribution in [0.3, 0.4) is 0 Å². The summed E-state index contributed by atoms with van der Waals surface area (Å²) in [6.07, 6.45) is 3.01. The molecule has 0 bridgehead atoms. The monoisotopic (exact) mass is 361 g/mol. The summed E-state index contributed by atoms with van der Waals surface area (Å²) in [7, 11) is 0. The average molecular weight is 361 g/mol. The van der Waals surface area contributed by atoms with Gasteiger partial charge < -0.3 is 25.0 Å². The van der Waals surface area contributed by atoms with Crippen molar-refractivity contribution in [1.82, 2.24) is 19.9 Å². The molecule has 1 aliphatic rings. The summed E-state index contributed by atoms with van der Waals surface area (Å²) in [5.74, 6) is -1.02. The second kappa shape index (κ2) is 6.81. The molecule has 26 heavy (non-hydrogen) atoms. The molecule has 1 saturated heterocycles. The highest BCUT2D eigenvalue weighted by Crippen LogP contribution is 2.23. The zero-order chi connectivity index (χ0) is 18.9. The number of H-pyrrole nitrogens is 1. The summed E-state index contributed by atoms with van der Waals surface area (Å²) in [4.78, 5) is 36.2. The number of piperidine rings is 1. The van der Waals surface area contributed by atoms with Gasteiger partial charge in [-0.3, -0.25) is 0 Å². The van der Waals surface area contributed by atoms with E-state index in [4.69, 9.17) is 4.74 Å². The van der Waals surface area contributed by atoms with Crippen molar-refractivity contribution in [3.8, 4) is 0 Å². The van der Waals surface area contributed by atoms with Crippen LogP contribution >= 0.6 is 0 Å². The molecule has 1 fully saturated rings. The van der Waals surface area contributed by atoms with Gasteiger partial charge in [0.2, 0.25) is 5.82 Å². The average Bonchev–Trinajstić information content (AvgIpc) is 3.02. The third-order valence-electron chi connectivity index (χ3n) is 4.02. The van der Waals surface area contributed by atoms with Gasteiger partial charge in [0.05, 0.1) is 5.39 Å². The molecule has 0 spiro atoms. The van der Waals surface area contributed by atoms with Gasteiger partial charge >= 0.3 is 12.1 Å². The number of ether oxygens (including phenoxy) is 1. The Morgan fingerprint density at radius 3 is 2.85 bits per heavy atom. The molecule has 140 valence electrons. The first-order valence-corrected chi connectivity index (χ1v) is 8.56. The maximum absolute atomic E-state index is 12.3. The molecular weight excluding hydrogens is 338 g/mol. The fourth-order valence-corrected chi connectivity index (χ4v) is 2.93. The Kier molecular flexibility index (Phi) is 4.71. The van der Waals surface area contributed by atoms with Crippen LogP contribution in [0.5, 0.6) is 0 Å². The van der Waals surface area contributed by atoms with Gasteiger partial charge in [0, 0.05) is 25.3 Å². The highest BCUT2D eigenvalue weighted by Gasteiger charge is 2.28. The number of amides is 1. The number of rotatable bonds is 3. The first-order chi connectivity index (χ1) is 12.2. The summed E-state index contributed by atoms with van der Waals surface area (Å²) in [6.45, 7) is 6.61. The van der Waals surface area contributed by atoms with Crippen molar-refractivity contribution in [1.29, 1.82) is 0 Å². The van der Waals surface area contributed by atoms with Crippen LogP contribution in [0, 0.1) is 0 Å². The number of likely N-dealkylation sites (tertiary alicyclic amines) is 1. The van der Waals surface area contributed by atoms with E-state index >= 15 is 0 Å². The second-order valence-electron chi connectivity index (χ2n) is 7.35. The van der Waals surface area contributed by atoms with E-state index in [-0.39, 0.29) is 18.0 Å². The lowest BCUT2D eigenvalue weighted by atomic mass is 10.1. The number of anilines is 1. The predicted octanol–water partition coefficient (Wildman–Crippen LogP) is 2.47. The first kappa shape index (κ1) is 18.0. The number of fused-ring (bicyclic) bond motifs is 1. The lowest BCUT2D eigenvalue weighted by Gasteiger charge is -2.34. The Morgan fingerprint density at radius 2 is 2.15 bits per heavy atom. The summed E-state index contributed by atoms with van der Waals surface area (Å²) < 4.78 is 5.44. The van der Waals surface area contributed by atoms with Crippen LogP contribution in [0.25, 0.3) is 11.0 Å². The fraction of sp³-hybridized carbons (Fsp3) is 0.529.